The van der Waals surface area contributed by atoms with Gasteiger partial charge in [-0.1, -0.05) is 41.6 Å². The Morgan fingerprint density at radius 1 is 1.04 bits per heavy atom. The van der Waals surface area contributed by atoms with E-state index in [0.29, 0.717) is 12.3 Å². The minimum atomic E-state index is -0.296. The Hall–Kier alpha value is -3.67. The van der Waals surface area contributed by atoms with Gasteiger partial charge in [0.1, 0.15) is 0 Å². The van der Waals surface area contributed by atoms with Gasteiger partial charge in [0.05, 0.1) is 18.2 Å². The Bertz CT molecular complexity index is 990. The summed E-state index contributed by atoms with van der Waals surface area (Å²) in [4.78, 5) is 16.6. The van der Waals surface area contributed by atoms with Crippen LogP contribution in [0, 0.1) is 0 Å². The number of benzene rings is 1. The van der Waals surface area contributed by atoms with Gasteiger partial charge >= 0.3 is 0 Å². The average Bonchev–Trinajstić information content (AvgIpc) is 3.39. The molecular weight excluding hydrogens is 330 g/mol. The van der Waals surface area contributed by atoms with E-state index in [0.717, 1.165) is 22.4 Å². The zero-order valence-corrected chi connectivity index (χ0v) is 13.8. The Labute approximate surface area is 149 Å². The number of furan rings is 1. The molecular formula is C20H15N3O3. The third kappa shape index (κ3) is 3.39. The number of hydrogen-bond acceptors (Lipinski definition) is 5. The smallest absolute Gasteiger partial charge is 0.273 e. The quantitative estimate of drug-likeness (QED) is 0.593. The lowest BCUT2D eigenvalue weighted by Gasteiger charge is -2.03. The van der Waals surface area contributed by atoms with Gasteiger partial charge in [0.25, 0.3) is 5.91 Å². The Kier molecular flexibility index (Phi) is 4.30. The number of carbonyl (C=O) groups is 1. The molecule has 0 saturated heterocycles. The van der Waals surface area contributed by atoms with Gasteiger partial charge in [-0.3, -0.25) is 9.78 Å². The van der Waals surface area contributed by atoms with Crippen LogP contribution in [0.4, 0.5) is 0 Å². The molecule has 6 nitrogen and oxygen atoms in total. The molecule has 6 heteroatoms. The second kappa shape index (κ2) is 7.06. The van der Waals surface area contributed by atoms with Crippen LogP contribution >= 0.6 is 0 Å². The summed E-state index contributed by atoms with van der Waals surface area (Å²) in [7, 11) is 0. The highest BCUT2D eigenvalue weighted by molar-refractivity contribution is 5.93. The van der Waals surface area contributed by atoms with Crippen molar-refractivity contribution in [3.8, 4) is 22.6 Å². The van der Waals surface area contributed by atoms with Crippen molar-refractivity contribution in [2.45, 2.75) is 6.54 Å². The third-order valence-electron chi connectivity index (χ3n) is 3.90. The predicted octanol–water partition coefficient (Wildman–Crippen LogP) is 3.93. The van der Waals surface area contributed by atoms with E-state index in [1.165, 1.54) is 0 Å². The average molecular weight is 345 g/mol. The second-order valence-corrected chi connectivity index (χ2v) is 5.69. The maximum Gasteiger partial charge on any atom is 0.273 e. The van der Waals surface area contributed by atoms with E-state index < -0.39 is 0 Å². The molecule has 26 heavy (non-hydrogen) atoms. The molecule has 4 aromatic rings. The molecule has 0 aliphatic rings. The van der Waals surface area contributed by atoms with E-state index in [4.69, 9.17) is 8.94 Å². The minimum absolute atomic E-state index is 0.242. The first kappa shape index (κ1) is 15.8. The zero-order valence-electron chi connectivity index (χ0n) is 13.8. The number of aromatic nitrogens is 2. The van der Waals surface area contributed by atoms with Crippen molar-refractivity contribution in [1.82, 2.24) is 15.5 Å². The monoisotopic (exact) mass is 345 g/mol. The molecule has 128 valence electrons. The number of carbonyl (C=O) groups excluding carboxylic acids is 1. The van der Waals surface area contributed by atoms with E-state index in [2.05, 4.69) is 15.5 Å². The maximum absolute atomic E-state index is 12.2. The van der Waals surface area contributed by atoms with Gasteiger partial charge in [-0.05, 0) is 17.7 Å². The second-order valence-electron chi connectivity index (χ2n) is 5.69. The van der Waals surface area contributed by atoms with E-state index in [1.807, 2.05) is 48.5 Å². The van der Waals surface area contributed by atoms with Gasteiger partial charge in [-0.25, -0.2) is 0 Å². The molecule has 1 N–H and O–H groups in total. The molecule has 0 spiro atoms. The zero-order chi connectivity index (χ0) is 17.8. The van der Waals surface area contributed by atoms with Crippen LogP contribution in [-0.4, -0.2) is 16.0 Å². The number of nitrogens with zero attached hydrogens (tertiary/aromatic N) is 2. The van der Waals surface area contributed by atoms with Crippen molar-refractivity contribution >= 4 is 5.91 Å². The summed E-state index contributed by atoms with van der Waals surface area (Å²) < 4.78 is 10.3. The van der Waals surface area contributed by atoms with E-state index >= 15 is 0 Å². The van der Waals surface area contributed by atoms with Crippen LogP contribution in [0.5, 0.6) is 0 Å². The van der Waals surface area contributed by atoms with Crippen LogP contribution in [0.3, 0.4) is 0 Å². The SMILES string of the molecule is O=C(NCc1ccc(-c2ccoc2)nc1)c1cc(-c2ccccc2)on1. The van der Waals surface area contributed by atoms with Gasteiger partial charge in [0.15, 0.2) is 11.5 Å². The number of rotatable bonds is 5. The molecule has 3 aromatic heterocycles. The van der Waals surface area contributed by atoms with Crippen LogP contribution < -0.4 is 5.32 Å². The Balaban J connectivity index is 1.39. The third-order valence-corrected chi connectivity index (χ3v) is 3.90. The molecule has 0 radical (unpaired) electrons. The van der Waals surface area contributed by atoms with Crippen molar-refractivity contribution in [3.63, 3.8) is 0 Å². The molecule has 0 aliphatic carbocycles. The van der Waals surface area contributed by atoms with Crippen LogP contribution in [0.15, 0.2) is 82.3 Å². The summed E-state index contributed by atoms with van der Waals surface area (Å²) in [6.07, 6.45) is 4.96. The fraction of sp³-hybridized carbons (Fsp3) is 0.0500. The van der Waals surface area contributed by atoms with Crippen molar-refractivity contribution < 1.29 is 13.7 Å². The van der Waals surface area contributed by atoms with Gasteiger partial charge < -0.3 is 14.3 Å². The molecule has 1 amide bonds. The van der Waals surface area contributed by atoms with Gasteiger partial charge in [0.2, 0.25) is 0 Å². The highest BCUT2D eigenvalue weighted by Gasteiger charge is 2.13. The summed E-state index contributed by atoms with van der Waals surface area (Å²) in [6, 6.07) is 16.8. The number of pyridine rings is 1. The fourth-order valence-corrected chi connectivity index (χ4v) is 2.50. The molecule has 1 aromatic carbocycles. The molecule has 4 rings (SSSR count). The van der Waals surface area contributed by atoms with Crippen molar-refractivity contribution in [2.24, 2.45) is 0 Å². The van der Waals surface area contributed by atoms with Gasteiger partial charge in [0, 0.05) is 29.9 Å². The summed E-state index contributed by atoms with van der Waals surface area (Å²) in [5.74, 6) is 0.261. The van der Waals surface area contributed by atoms with Crippen LogP contribution in [-0.2, 0) is 6.54 Å². The Morgan fingerprint density at radius 3 is 2.65 bits per heavy atom. The summed E-state index contributed by atoms with van der Waals surface area (Å²) in [5.41, 5.74) is 3.73. The van der Waals surface area contributed by atoms with Gasteiger partial charge in [-0.2, -0.15) is 0 Å². The standard InChI is InChI=1S/C20H15N3O3/c24-20(18-10-19(26-23-18)15-4-2-1-3-5-15)22-12-14-6-7-17(21-11-14)16-8-9-25-13-16/h1-11,13H,12H2,(H,22,24). The first-order valence-corrected chi connectivity index (χ1v) is 8.07. The number of hydrogen-bond donors (Lipinski definition) is 1. The molecule has 0 unspecified atom stereocenters. The predicted molar refractivity (Wildman–Crippen MR) is 95.0 cm³/mol. The first-order valence-electron chi connectivity index (χ1n) is 8.07. The minimum Gasteiger partial charge on any atom is -0.472 e. The van der Waals surface area contributed by atoms with E-state index in [9.17, 15) is 4.79 Å². The van der Waals surface area contributed by atoms with Crippen LogP contribution in [0.25, 0.3) is 22.6 Å². The molecule has 0 saturated carbocycles. The largest absolute Gasteiger partial charge is 0.472 e. The summed E-state index contributed by atoms with van der Waals surface area (Å²) >= 11 is 0. The first-order chi connectivity index (χ1) is 12.8. The number of nitrogens with one attached hydrogen (secondary N) is 1. The summed E-state index contributed by atoms with van der Waals surface area (Å²) in [5, 5.41) is 6.65. The molecule has 0 aliphatic heterocycles. The summed E-state index contributed by atoms with van der Waals surface area (Å²) in [6.45, 7) is 0.352. The Morgan fingerprint density at radius 2 is 1.92 bits per heavy atom. The van der Waals surface area contributed by atoms with Crippen LogP contribution in [0.1, 0.15) is 16.1 Å². The topological polar surface area (TPSA) is 81.2 Å². The normalized spacial score (nSPS) is 10.6. The highest BCUT2D eigenvalue weighted by Crippen LogP contribution is 2.20. The lowest BCUT2D eigenvalue weighted by molar-refractivity contribution is 0.0942. The van der Waals surface area contributed by atoms with Crippen molar-refractivity contribution in [3.05, 3.63) is 84.6 Å². The fourth-order valence-electron chi connectivity index (χ4n) is 2.50. The lowest BCUT2D eigenvalue weighted by Crippen LogP contribution is -2.23. The van der Waals surface area contributed by atoms with E-state index in [1.54, 1.807) is 24.8 Å². The molecule has 0 atom stereocenters. The molecule has 0 bridgehead atoms. The van der Waals surface area contributed by atoms with Crippen molar-refractivity contribution in [1.29, 1.82) is 0 Å². The highest BCUT2D eigenvalue weighted by atomic mass is 16.5. The van der Waals surface area contributed by atoms with Crippen LogP contribution in [0.2, 0.25) is 0 Å². The van der Waals surface area contributed by atoms with Gasteiger partial charge in [-0.15, -0.1) is 0 Å². The number of amides is 1. The molecule has 3 heterocycles. The lowest BCUT2D eigenvalue weighted by atomic mass is 10.1. The molecule has 0 fully saturated rings. The van der Waals surface area contributed by atoms with E-state index in [-0.39, 0.29) is 11.6 Å². The van der Waals surface area contributed by atoms with Crippen molar-refractivity contribution in [2.75, 3.05) is 0 Å². The maximum atomic E-state index is 12.2.